The molecule has 0 saturated carbocycles. The molecule has 0 spiro atoms. The Hall–Kier alpha value is -1.04. The topological polar surface area (TPSA) is 61.4 Å². The van der Waals surface area contributed by atoms with E-state index in [0.29, 0.717) is 12.1 Å². The molecule has 3 N–H and O–H groups in total. The maximum atomic E-state index is 12.0. The van der Waals surface area contributed by atoms with E-state index in [-0.39, 0.29) is 11.9 Å². The smallest absolute Gasteiger partial charge is 0.225 e. The van der Waals surface area contributed by atoms with Crippen LogP contribution in [0.4, 0.5) is 5.69 Å². The second-order valence-electron chi connectivity index (χ2n) is 4.74. The Balaban J connectivity index is 1.94. The lowest BCUT2D eigenvalue weighted by molar-refractivity contribution is -0.116. The number of anilines is 1. The molecule has 1 aliphatic rings. The van der Waals surface area contributed by atoms with Crippen LogP contribution < -0.4 is 10.6 Å². The molecule has 0 radical (unpaired) electrons. The van der Waals surface area contributed by atoms with Gasteiger partial charge in [-0.25, -0.2) is 0 Å². The minimum atomic E-state index is -0.583. The van der Waals surface area contributed by atoms with Gasteiger partial charge in [0.2, 0.25) is 5.91 Å². The summed E-state index contributed by atoms with van der Waals surface area (Å²) in [6.45, 7) is 2.66. The molecule has 2 rings (SSSR count). The van der Waals surface area contributed by atoms with Crippen LogP contribution in [-0.4, -0.2) is 35.1 Å². The molecule has 1 saturated heterocycles. The van der Waals surface area contributed by atoms with Gasteiger partial charge >= 0.3 is 0 Å². The van der Waals surface area contributed by atoms with Crippen LogP contribution in [-0.2, 0) is 4.79 Å². The van der Waals surface area contributed by atoms with E-state index in [1.807, 2.05) is 36.0 Å². The fraction of sp³-hybridized carbons (Fsp3) is 0.500. The Morgan fingerprint density at radius 1 is 1.58 bits per heavy atom. The number of amides is 1. The third-order valence-electron chi connectivity index (χ3n) is 3.12. The van der Waals surface area contributed by atoms with Crippen molar-refractivity contribution in [2.75, 3.05) is 23.4 Å². The summed E-state index contributed by atoms with van der Waals surface area (Å²) >= 11 is 1.88. The Morgan fingerprint density at radius 2 is 2.37 bits per heavy atom. The highest BCUT2D eigenvalue weighted by atomic mass is 32.2. The van der Waals surface area contributed by atoms with Gasteiger partial charge in [0.1, 0.15) is 0 Å². The van der Waals surface area contributed by atoms with Crippen molar-refractivity contribution in [1.82, 2.24) is 5.32 Å². The van der Waals surface area contributed by atoms with Crippen molar-refractivity contribution in [2.24, 2.45) is 0 Å². The molecule has 1 amide bonds. The molecule has 2 unspecified atom stereocenters. The fourth-order valence-corrected chi connectivity index (χ4v) is 3.10. The highest BCUT2D eigenvalue weighted by molar-refractivity contribution is 7.99. The summed E-state index contributed by atoms with van der Waals surface area (Å²) in [6.07, 6.45) is -0.110. The van der Waals surface area contributed by atoms with Gasteiger partial charge in [0.05, 0.1) is 6.10 Å². The molecule has 0 aliphatic carbocycles. The minimum Gasteiger partial charge on any atom is -0.389 e. The highest BCUT2D eigenvalue weighted by Crippen LogP contribution is 2.22. The molecule has 1 aromatic carbocycles. The maximum absolute atomic E-state index is 12.0. The van der Waals surface area contributed by atoms with Gasteiger partial charge in [0.25, 0.3) is 0 Å². The normalized spacial score (nSPS) is 20.8. The lowest BCUT2D eigenvalue weighted by Gasteiger charge is -2.23. The van der Waals surface area contributed by atoms with E-state index in [1.54, 1.807) is 6.92 Å². The largest absolute Gasteiger partial charge is 0.389 e. The third-order valence-corrected chi connectivity index (χ3v) is 4.25. The number of benzene rings is 1. The number of thioether (sulfide) groups is 1. The van der Waals surface area contributed by atoms with Crippen LogP contribution in [0, 0.1) is 0 Å². The van der Waals surface area contributed by atoms with Crippen molar-refractivity contribution in [3.63, 3.8) is 0 Å². The first-order chi connectivity index (χ1) is 9.16. The quantitative estimate of drug-likeness (QED) is 0.786. The maximum Gasteiger partial charge on any atom is 0.225 e. The van der Waals surface area contributed by atoms with Crippen LogP contribution in [0.25, 0.3) is 0 Å². The zero-order chi connectivity index (χ0) is 13.7. The standard InChI is InChI=1S/C14H20N2O2S/c1-10(17)12-4-2-3-5-13(12)16-14(18)8-11-9-19-7-6-15-11/h2-5,10-11,15,17H,6-9H2,1H3,(H,16,18). The summed E-state index contributed by atoms with van der Waals surface area (Å²) in [7, 11) is 0. The molecule has 1 fully saturated rings. The Bertz CT molecular complexity index is 431. The predicted octanol–water partition coefficient (Wildman–Crippen LogP) is 1.77. The van der Waals surface area contributed by atoms with Crippen LogP contribution in [0.15, 0.2) is 24.3 Å². The zero-order valence-corrected chi connectivity index (χ0v) is 11.9. The van der Waals surface area contributed by atoms with Gasteiger partial charge in [-0.3, -0.25) is 4.79 Å². The molecule has 104 valence electrons. The number of nitrogens with one attached hydrogen (secondary N) is 2. The predicted molar refractivity (Wildman–Crippen MR) is 79.4 cm³/mol. The Kier molecular flexibility index (Phi) is 5.24. The van der Waals surface area contributed by atoms with Crippen molar-refractivity contribution in [2.45, 2.75) is 25.5 Å². The number of rotatable bonds is 4. The van der Waals surface area contributed by atoms with Gasteiger partial charge in [-0.05, 0) is 13.0 Å². The molecule has 1 heterocycles. The van der Waals surface area contributed by atoms with E-state index in [0.717, 1.165) is 23.6 Å². The van der Waals surface area contributed by atoms with Crippen molar-refractivity contribution in [1.29, 1.82) is 0 Å². The van der Waals surface area contributed by atoms with E-state index in [4.69, 9.17) is 0 Å². The lowest BCUT2D eigenvalue weighted by atomic mass is 10.1. The van der Waals surface area contributed by atoms with Gasteiger partial charge in [0, 0.05) is 41.8 Å². The number of hydrogen-bond donors (Lipinski definition) is 3. The zero-order valence-electron chi connectivity index (χ0n) is 11.1. The van der Waals surface area contributed by atoms with E-state index >= 15 is 0 Å². The molecule has 2 atom stereocenters. The Morgan fingerprint density at radius 3 is 3.05 bits per heavy atom. The molecular formula is C14H20N2O2S. The van der Waals surface area contributed by atoms with Crippen molar-refractivity contribution in [3.05, 3.63) is 29.8 Å². The van der Waals surface area contributed by atoms with Crippen LogP contribution in [0.2, 0.25) is 0 Å². The van der Waals surface area contributed by atoms with Crippen molar-refractivity contribution >= 4 is 23.4 Å². The minimum absolute atomic E-state index is 0.00639. The van der Waals surface area contributed by atoms with Gasteiger partial charge in [-0.15, -0.1) is 0 Å². The molecule has 5 heteroatoms. The fourth-order valence-electron chi connectivity index (χ4n) is 2.15. The van der Waals surface area contributed by atoms with Crippen molar-refractivity contribution in [3.8, 4) is 0 Å². The van der Waals surface area contributed by atoms with E-state index in [9.17, 15) is 9.90 Å². The summed E-state index contributed by atoms with van der Waals surface area (Å²) in [6, 6.07) is 7.61. The molecule has 0 bridgehead atoms. The highest BCUT2D eigenvalue weighted by Gasteiger charge is 2.17. The lowest BCUT2D eigenvalue weighted by Crippen LogP contribution is -2.40. The SMILES string of the molecule is CC(O)c1ccccc1NC(=O)CC1CSCCN1. The molecular weight excluding hydrogens is 260 g/mol. The van der Waals surface area contributed by atoms with E-state index in [1.165, 1.54) is 0 Å². The second-order valence-corrected chi connectivity index (χ2v) is 5.89. The summed E-state index contributed by atoms with van der Waals surface area (Å²) < 4.78 is 0. The van der Waals surface area contributed by atoms with Gasteiger partial charge in [0.15, 0.2) is 0 Å². The average molecular weight is 280 g/mol. The number of para-hydroxylation sites is 1. The number of aliphatic hydroxyl groups excluding tert-OH is 1. The third kappa shape index (κ3) is 4.23. The van der Waals surface area contributed by atoms with Crippen LogP contribution >= 0.6 is 11.8 Å². The van der Waals surface area contributed by atoms with Gasteiger partial charge in [-0.2, -0.15) is 11.8 Å². The molecule has 4 nitrogen and oxygen atoms in total. The number of carbonyl (C=O) groups is 1. The van der Waals surface area contributed by atoms with Crippen molar-refractivity contribution < 1.29 is 9.90 Å². The van der Waals surface area contributed by atoms with Crippen LogP contribution in [0.3, 0.4) is 0 Å². The first-order valence-electron chi connectivity index (χ1n) is 6.55. The number of hydrogen-bond acceptors (Lipinski definition) is 4. The monoisotopic (exact) mass is 280 g/mol. The van der Waals surface area contributed by atoms with E-state index in [2.05, 4.69) is 10.6 Å². The summed E-state index contributed by atoms with van der Waals surface area (Å²) in [5, 5.41) is 15.9. The van der Waals surface area contributed by atoms with Crippen LogP contribution in [0.5, 0.6) is 0 Å². The molecule has 1 aromatic rings. The summed E-state index contributed by atoms with van der Waals surface area (Å²) in [5.74, 6) is 2.09. The summed E-state index contributed by atoms with van der Waals surface area (Å²) in [4.78, 5) is 12.0. The van der Waals surface area contributed by atoms with Crippen LogP contribution in [0.1, 0.15) is 25.0 Å². The first-order valence-corrected chi connectivity index (χ1v) is 7.70. The second kappa shape index (κ2) is 6.93. The average Bonchev–Trinajstić information content (AvgIpc) is 2.40. The Labute approximate surface area is 118 Å². The van der Waals surface area contributed by atoms with Gasteiger partial charge < -0.3 is 15.7 Å². The molecule has 19 heavy (non-hydrogen) atoms. The van der Waals surface area contributed by atoms with Gasteiger partial charge in [-0.1, -0.05) is 18.2 Å². The number of carbonyl (C=O) groups excluding carboxylic acids is 1. The summed E-state index contributed by atoms with van der Waals surface area (Å²) in [5.41, 5.74) is 1.45. The molecule has 0 aromatic heterocycles. The van der Waals surface area contributed by atoms with E-state index < -0.39 is 6.10 Å². The number of aliphatic hydroxyl groups is 1. The first kappa shape index (κ1) is 14.4. The molecule has 1 aliphatic heterocycles.